The zero-order valence-electron chi connectivity index (χ0n) is 17.8. The number of nitrogens with zero attached hydrogens (tertiary/aromatic N) is 3. The molecule has 0 fully saturated rings. The Bertz CT molecular complexity index is 1290. The number of hydrogen-bond acceptors (Lipinski definition) is 6. The fourth-order valence-corrected chi connectivity index (χ4v) is 3.44. The first-order valence-electron chi connectivity index (χ1n) is 10.2. The highest BCUT2D eigenvalue weighted by atomic mass is 16.5. The van der Waals surface area contributed by atoms with E-state index in [0.717, 1.165) is 11.1 Å². The number of nitrogens with one attached hydrogen (secondary N) is 1. The number of rotatable bonds is 8. The summed E-state index contributed by atoms with van der Waals surface area (Å²) in [5.74, 6) is -2.56. The van der Waals surface area contributed by atoms with Gasteiger partial charge >= 0.3 is 0 Å². The van der Waals surface area contributed by atoms with E-state index in [1.165, 1.54) is 4.68 Å². The van der Waals surface area contributed by atoms with Gasteiger partial charge < -0.3 is 15.6 Å². The maximum atomic E-state index is 13.2. The van der Waals surface area contributed by atoms with Crippen LogP contribution in [0.5, 0.6) is 0 Å². The molecule has 0 aliphatic rings. The van der Waals surface area contributed by atoms with E-state index < -0.39 is 23.6 Å². The first kappa shape index (κ1) is 21.7. The molecule has 0 saturated heterocycles. The number of ketones is 1. The smallest absolute Gasteiger partial charge is 0.287 e. The molecule has 1 atom stereocenters. The first-order valence-corrected chi connectivity index (χ1v) is 10.2. The number of primary amides is 1. The van der Waals surface area contributed by atoms with Crippen LogP contribution in [0.15, 0.2) is 77.4 Å². The maximum Gasteiger partial charge on any atom is 0.287 e. The summed E-state index contributed by atoms with van der Waals surface area (Å²) in [5, 5.41) is 11.0. The predicted octanol–water partition coefficient (Wildman–Crippen LogP) is 2.23. The van der Waals surface area contributed by atoms with Crippen molar-refractivity contribution in [1.29, 1.82) is 0 Å². The SMILES string of the molecule is Cc1noc(-n2ccc(-c3ccccc3)n2)c1C(=O)N[C@@H](Cc1ccccc1)C(=O)C(N)=O. The van der Waals surface area contributed by atoms with Crippen LogP contribution < -0.4 is 11.1 Å². The Balaban J connectivity index is 1.62. The van der Waals surface area contributed by atoms with E-state index in [0.29, 0.717) is 11.4 Å². The van der Waals surface area contributed by atoms with E-state index in [9.17, 15) is 14.4 Å². The molecule has 0 spiro atoms. The monoisotopic (exact) mass is 443 g/mol. The van der Waals surface area contributed by atoms with Crippen molar-refractivity contribution in [2.24, 2.45) is 5.73 Å². The summed E-state index contributed by atoms with van der Waals surface area (Å²) in [4.78, 5) is 37.1. The molecule has 0 unspecified atom stereocenters. The van der Waals surface area contributed by atoms with Crippen molar-refractivity contribution in [2.75, 3.05) is 0 Å². The topological polar surface area (TPSA) is 133 Å². The minimum atomic E-state index is -1.14. The van der Waals surface area contributed by atoms with Crippen LogP contribution in [0.3, 0.4) is 0 Å². The van der Waals surface area contributed by atoms with Crippen molar-refractivity contribution in [3.05, 3.63) is 89.7 Å². The highest BCUT2D eigenvalue weighted by Crippen LogP contribution is 2.22. The molecule has 33 heavy (non-hydrogen) atoms. The van der Waals surface area contributed by atoms with Crippen molar-refractivity contribution in [2.45, 2.75) is 19.4 Å². The standard InChI is InChI=1S/C24H21N5O4/c1-15-20(23(32)26-19(21(30)22(25)31)14-16-8-4-2-5-9-16)24(33-28-15)29-13-12-18(27-29)17-10-6-3-7-11-17/h2-13,19H,14H2,1H3,(H2,25,31)(H,26,32)/t19-/m0/s1. The molecule has 0 bridgehead atoms. The molecule has 9 nitrogen and oxygen atoms in total. The fourth-order valence-electron chi connectivity index (χ4n) is 3.44. The predicted molar refractivity (Wildman–Crippen MR) is 119 cm³/mol. The number of aromatic nitrogens is 3. The van der Waals surface area contributed by atoms with Crippen LogP contribution in [0.4, 0.5) is 0 Å². The van der Waals surface area contributed by atoms with E-state index in [-0.39, 0.29) is 17.9 Å². The van der Waals surface area contributed by atoms with E-state index in [1.54, 1.807) is 43.5 Å². The van der Waals surface area contributed by atoms with Gasteiger partial charge in [0.25, 0.3) is 17.7 Å². The van der Waals surface area contributed by atoms with E-state index in [2.05, 4.69) is 15.6 Å². The van der Waals surface area contributed by atoms with Gasteiger partial charge in [-0.3, -0.25) is 14.4 Å². The number of carbonyl (C=O) groups is 3. The van der Waals surface area contributed by atoms with Gasteiger partial charge in [0.15, 0.2) is 0 Å². The third-order valence-corrected chi connectivity index (χ3v) is 5.09. The van der Waals surface area contributed by atoms with Crippen LogP contribution in [-0.2, 0) is 16.0 Å². The van der Waals surface area contributed by atoms with Gasteiger partial charge in [0.05, 0.1) is 11.4 Å². The van der Waals surface area contributed by atoms with Crippen LogP contribution in [0.2, 0.25) is 0 Å². The second-order valence-electron chi connectivity index (χ2n) is 7.40. The van der Waals surface area contributed by atoms with E-state index in [1.807, 2.05) is 36.4 Å². The molecule has 3 N–H and O–H groups in total. The average molecular weight is 443 g/mol. The van der Waals surface area contributed by atoms with Gasteiger partial charge in [-0.2, -0.15) is 5.10 Å². The minimum Gasteiger partial charge on any atom is -0.363 e. The van der Waals surface area contributed by atoms with Crippen molar-refractivity contribution in [1.82, 2.24) is 20.3 Å². The Labute approximate surface area is 189 Å². The molecule has 0 aliphatic carbocycles. The lowest BCUT2D eigenvalue weighted by molar-refractivity contribution is -0.137. The summed E-state index contributed by atoms with van der Waals surface area (Å²) < 4.78 is 6.77. The van der Waals surface area contributed by atoms with Gasteiger partial charge in [0.1, 0.15) is 11.6 Å². The van der Waals surface area contributed by atoms with Gasteiger partial charge in [-0.25, -0.2) is 4.68 Å². The summed E-state index contributed by atoms with van der Waals surface area (Å²) in [7, 11) is 0. The lowest BCUT2D eigenvalue weighted by atomic mass is 10.0. The van der Waals surface area contributed by atoms with Crippen molar-refractivity contribution in [3.63, 3.8) is 0 Å². The molecule has 2 aromatic heterocycles. The highest BCUT2D eigenvalue weighted by Gasteiger charge is 2.29. The molecule has 0 radical (unpaired) electrons. The molecule has 0 saturated carbocycles. The second-order valence-corrected chi connectivity index (χ2v) is 7.40. The number of amides is 2. The number of Topliss-reactive ketones (excluding diaryl/α,β-unsaturated/α-hetero) is 1. The molecule has 2 aromatic carbocycles. The summed E-state index contributed by atoms with van der Waals surface area (Å²) in [6.07, 6.45) is 1.75. The second kappa shape index (κ2) is 9.31. The zero-order valence-corrected chi connectivity index (χ0v) is 17.8. The molecule has 2 heterocycles. The average Bonchev–Trinajstić information content (AvgIpc) is 3.46. The molecule has 166 valence electrons. The normalized spacial score (nSPS) is 11.7. The number of benzene rings is 2. The van der Waals surface area contributed by atoms with Crippen molar-refractivity contribution < 1.29 is 18.9 Å². The molecule has 2 amide bonds. The minimum absolute atomic E-state index is 0.0946. The van der Waals surface area contributed by atoms with Crippen molar-refractivity contribution in [3.8, 4) is 17.1 Å². The fraction of sp³-hybridized carbons (Fsp3) is 0.125. The Morgan fingerprint density at radius 3 is 2.36 bits per heavy atom. The Morgan fingerprint density at radius 2 is 1.70 bits per heavy atom. The number of nitrogens with two attached hydrogens (primary N) is 1. The van der Waals surface area contributed by atoms with Crippen LogP contribution in [0.1, 0.15) is 21.6 Å². The summed E-state index contributed by atoms with van der Waals surface area (Å²) in [5.41, 5.74) is 7.97. The summed E-state index contributed by atoms with van der Waals surface area (Å²) >= 11 is 0. The molecular formula is C24H21N5O4. The highest BCUT2D eigenvalue weighted by molar-refractivity contribution is 6.38. The van der Waals surface area contributed by atoms with Gasteiger partial charge in [-0.05, 0) is 18.6 Å². The summed E-state index contributed by atoms with van der Waals surface area (Å²) in [6, 6.07) is 19.2. The molecular weight excluding hydrogens is 422 g/mol. The summed E-state index contributed by atoms with van der Waals surface area (Å²) in [6.45, 7) is 1.60. The Morgan fingerprint density at radius 1 is 1.03 bits per heavy atom. The largest absolute Gasteiger partial charge is 0.363 e. The quantitative estimate of drug-likeness (QED) is 0.401. The maximum absolute atomic E-state index is 13.2. The number of aryl methyl sites for hydroxylation is 1. The number of hydrogen-bond donors (Lipinski definition) is 2. The van der Waals surface area contributed by atoms with E-state index in [4.69, 9.17) is 10.3 Å². The molecule has 4 aromatic rings. The number of carbonyl (C=O) groups excluding carboxylic acids is 3. The third-order valence-electron chi connectivity index (χ3n) is 5.09. The first-order chi connectivity index (χ1) is 15.9. The third kappa shape index (κ3) is 4.72. The Kier molecular flexibility index (Phi) is 6.12. The van der Waals surface area contributed by atoms with Crippen LogP contribution in [0, 0.1) is 6.92 Å². The van der Waals surface area contributed by atoms with Crippen molar-refractivity contribution >= 4 is 17.6 Å². The molecule has 4 rings (SSSR count). The van der Waals surface area contributed by atoms with Gasteiger partial charge in [-0.1, -0.05) is 65.8 Å². The van der Waals surface area contributed by atoms with Crippen LogP contribution in [0.25, 0.3) is 17.1 Å². The van der Waals surface area contributed by atoms with Crippen LogP contribution in [-0.4, -0.2) is 38.6 Å². The Hall–Kier alpha value is -4.53. The van der Waals surface area contributed by atoms with Gasteiger partial charge in [-0.15, -0.1) is 0 Å². The molecule has 9 heteroatoms. The zero-order chi connectivity index (χ0) is 23.4. The van der Waals surface area contributed by atoms with E-state index >= 15 is 0 Å². The molecule has 0 aliphatic heterocycles. The lowest BCUT2D eigenvalue weighted by Crippen LogP contribution is -2.47. The van der Waals surface area contributed by atoms with Gasteiger partial charge in [0, 0.05) is 18.2 Å². The lowest BCUT2D eigenvalue weighted by Gasteiger charge is -2.16. The van der Waals surface area contributed by atoms with Gasteiger partial charge in [0.2, 0.25) is 5.78 Å². The van der Waals surface area contributed by atoms with Crippen LogP contribution >= 0.6 is 0 Å².